The Kier molecular flexibility index (Phi) is 3.56. The van der Waals surface area contributed by atoms with E-state index in [2.05, 4.69) is 33.8 Å². The van der Waals surface area contributed by atoms with Crippen LogP contribution in [-0.4, -0.2) is 32.8 Å². The van der Waals surface area contributed by atoms with Crippen LogP contribution in [0.5, 0.6) is 0 Å². The molecule has 0 unspecified atom stereocenters. The summed E-state index contributed by atoms with van der Waals surface area (Å²) >= 11 is 0. The smallest absolute Gasteiger partial charge is 0.163 e. The Hall–Kier alpha value is -1.65. The van der Waals surface area contributed by atoms with Crippen LogP contribution in [0.2, 0.25) is 0 Å². The van der Waals surface area contributed by atoms with Crippen molar-refractivity contribution in [3.05, 3.63) is 12.5 Å². The van der Waals surface area contributed by atoms with Gasteiger partial charge >= 0.3 is 0 Å². The minimum absolute atomic E-state index is 0.896. The Morgan fingerprint density at radius 2 is 1.88 bits per heavy atom. The van der Waals surface area contributed by atoms with E-state index < -0.39 is 0 Å². The van der Waals surface area contributed by atoms with Crippen molar-refractivity contribution in [2.45, 2.75) is 26.7 Å². The van der Waals surface area contributed by atoms with Gasteiger partial charge in [0.25, 0.3) is 0 Å². The summed E-state index contributed by atoms with van der Waals surface area (Å²) in [5.41, 5.74) is 0.896. The summed E-state index contributed by atoms with van der Waals surface area (Å²) in [6.07, 6.45) is 5.71. The first kappa shape index (κ1) is 11.8. The van der Waals surface area contributed by atoms with Crippen LogP contribution in [0.3, 0.4) is 0 Å². The zero-order chi connectivity index (χ0) is 12.3. The first-order valence-electron chi connectivity index (χ1n) is 6.15. The third kappa shape index (κ3) is 2.23. The summed E-state index contributed by atoms with van der Waals surface area (Å²) in [5, 5.41) is 5.29. The van der Waals surface area contributed by atoms with Crippen LogP contribution in [0.25, 0.3) is 11.0 Å². The molecule has 0 atom stereocenters. The molecule has 5 nitrogen and oxygen atoms in total. The molecule has 92 valence electrons. The largest absolute Gasteiger partial charge is 0.356 e. The van der Waals surface area contributed by atoms with Gasteiger partial charge in [-0.3, -0.25) is 4.68 Å². The maximum absolute atomic E-state index is 4.42. The van der Waals surface area contributed by atoms with Gasteiger partial charge in [0.2, 0.25) is 0 Å². The predicted molar refractivity (Wildman–Crippen MR) is 69.1 cm³/mol. The lowest BCUT2D eigenvalue weighted by Crippen LogP contribution is -2.26. The van der Waals surface area contributed by atoms with Gasteiger partial charge < -0.3 is 4.90 Å². The van der Waals surface area contributed by atoms with Crippen LogP contribution in [0.1, 0.15) is 26.7 Å². The molecule has 0 N–H and O–H groups in total. The lowest BCUT2D eigenvalue weighted by Gasteiger charge is -2.22. The highest BCUT2D eigenvalue weighted by atomic mass is 15.3. The third-order valence-electron chi connectivity index (χ3n) is 2.79. The van der Waals surface area contributed by atoms with Crippen molar-refractivity contribution in [2.24, 2.45) is 7.05 Å². The number of anilines is 1. The molecule has 0 amide bonds. The zero-order valence-corrected chi connectivity index (χ0v) is 10.7. The molecule has 0 saturated carbocycles. The molecule has 0 saturated heterocycles. The number of hydrogen-bond acceptors (Lipinski definition) is 4. The molecule has 0 fully saturated rings. The van der Waals surface area contributed by atoms with Gasteiger partial charge in [0.1, 0.15) is 12.1 Å². The van der Waals surface area contributed by atoms with Crippen LogP contribution in [0.15, 0.2) is 12.5 Å². The Balaban J connectivity index is 2.44. The molecule has 0 spiro atoms. The van der Waals surface area contributed by atoms with Crippen molar-refractivity contribution in [2.75, 3.05) is 18.0 Å². The van der Waals surface area contributed by atoms with Crippen molar-refractivity contribution in [1.82, 2.24) is 19.7 Å². The first-order valence-corrected chi connectivity index (χ1v) is 6.15. The second-order valence-electron chi connectivity index (χ2n) is 4.19. The molecule has 5 heteroatoms. The Labute approximate surface area is 101 Å². The Morgan fingerprint density at radius 1 is 1.18 bits per heavy atom. The number of nitrogens with zero attached hydrogens (tertiary/aromatic N) is 5. The highest BCUT2D eigenvalue weighted by Gasteiger charge is 2.13. The van der Waals surface area contributed by atoms with Crippen molar-refractivity contribution in [3.8, 4) is 0 Å². The topological polar surface area (TPSA) is 46.8 Å². The van der Waals surface area contributed by atoms with Crippen LogP contribution in [0.4, 0.5) is 5.82 Å². The second kappa shape index (κ2) is 5.12. The quantitative estimate of drug-likeness (QED) is 0.792. The summed E-state index contributed by atoms with van der Waals surface area (Å²) in [6, 6.07) is 0. The van der Waals surface area contributed by atoms with E-state index in [1.165, 1.54) is 0 Å². The maximum Gasteiger partial charge on any atom is 0.163 e. The number of aryl methyl sites for hydroxylation is 1. The summed E-state index contributed by atoms with van der Waals surface area (Å²) in [5.74, 6) is 1.01. The number of aromatic nitrogens is 4. The fourth-order valence-corrected chi connectivity index (χ4v) is 2.07. The van der Waals surface area contributed by atoms with E-state index in [1.54, 1.807) is 11.0 Å². The van der Waals surface area contributed by atoms with Crippen molar-refractivity contribution >= 4 is 16.9 Å². The van der Waals surface area contributed by atoms with Gasteiger partial charge in [-0.1, -0.05) is 13.8 Å². The Morgan fingerprint density at radius 3 is 2.53 bits per heavy atom. The predicted octanol–water partition coefficient (Wildman–Crippen LogP) is 1.99. The minimum Gasteiger partial charge on any atom is -0.356 e. The van der Waals surface area contributed by atoms with Crippen molar-refractivity contribution in [1.29, 1.82) is 0 Å². The average Bonchev–Trinajstić information content (AvgIpc) is 2.71. The molecule has 0 radical (unpaired) electrons. The molecule has 0 aliphatic rings. The van der Waals surface area contributed by atoms with Crippen molar-refractivity contribution in [3.63, 3.8) is 0 Å². The van der Waals surface area contributed by atoms with Gasteiger partial charge in [-0.25, -0.2) is 9.97 Å². The zero-order valence-electron chi connectivity index (χ0n) is 10.7. The summed E-state index contributed by atoms with van der Waals surface area (Å²) < 4.78 is 1.79. The monoisotopic (exact) mass is 233 g/mol. The van der Waals surface area contributed by atoms with E-state index in [0.717, 1.165) is 42.8 Å². The van der Waals surface area contributed by atoms with Crippen molar-refractivity contribution < 1.29 is 0 Å². The van der Waals surface area contributed by atoms with E-state index in [-0.39, 0.29) is 0 Å². The highest BCUT2D eigenvalue weighted by Crippen LogP contribution is 2.22. The number of fused-ring (bicyclic) bond motifs is 1. The molecular weight excluding hydrogens is 214 g/mol. The minimum atomic E-state index is 0.896. The molecule has 2 heterocycles. The SMILES string of the molecule is CCCN(CCC)c1ncnc2c1cnn2C. The molecule has 0 aromatic carbocycles. The normalized spacial score (nSPS) is 11.0. The van der Waals surface area contributed by atoms with Gasteiger partial charge in [-0.2, -0.15) is 5.10 Å². The number of rotatable bonds is 5. The molecule has 17 heavy (non-hydrogen) atoms. The summed E-state index contributed by atoms with van der Waals surface area (Å²) in [7, 11) is 1.91. The average molecular weight is 233 g/mol. The Bertz CT molecular complexity index is 485. The van der Waals surface area contributed by atoms with E-state index in [0.29, 0.717) is 0 Å². The van der Waals surface area contributed by atoms with Gasteiger partial charge in [-0.05, 0) is 12.8 Å². The summed E-state index contributed by atoms with van der Waals surface area (Å²) in [6.45, 7) is 6.41. The standard InChI is InChI=1S/C12H19N5/c1-4-6-17(7-5-2)12-10-8-15-16(3)11(10)13-9-14-12/h8-9H,4-7H2,1-3H3. The van der Waals surface area contributed by atoms with E-state index in [1.807, 2.05) is 13.2 Å². The molecule has 2 rings (SSSR count). The van der Waals surface area contributed by atoms with Crippen LogP contribution in [-0.2, 0) is 7.05 Å². The fraction of sp³-hybridized carbons (Fsp3) is 0.583. The highest BCUT2D eigenvalue weighted by molar-refractivity contribution is 5.86. The van der Waals surface area contributed by atoms with Gasteiger partial charge in [0, 0.05) is 20.1 Å². The molecule has 2 aromatic heterocycles. The third-order valence-corrected chi connectivity index (χ3v) is 2.79. The summed E-state index contributed by atoms with van der Waals surface area (Å²) in [4.78, 5) is 11.0. The van der Waals surface area contributed by atoms with Crippen LogP contribution in [0, 0.1) is 0 Å². The molecule has 0 aliphatic heterocycles. The maximum atomic E-state index is 4.42. The van der Waals surface area contributed by atoms with Crippen LogP contribution >= 0.6 is 0 Å². The van der Waals surface area contributed by atoms with Gasteiger partial charge in [-0.15, -0.1) is 0 Å². The molecular formula is C12H19N5. The number of hydrogen-bond donors (Lipinski definition) is 0. The van der Waals surface area contributed by atoms with E-state index >= 15 is 0 Å². The van der Waals surface area contributed by atoms with E-state index in [4.69, 9.17) is 0 Å². The fourth-order valence-electron chi connectivity index (χ4n) is 2.07. The van der Waals surface area contributed by atoms with Gasteiger partial charge in [0.05, 0.1) is 11.6 Å². The molecule has 0 bridgehead atoms. The lowest BCUT2D eigenvalue weighted by molar-refractivity contribution is 0.735. The van der Waals surface area contributed by atoms with Gasteiger partial charge in [0.15, 0.2) is 5.65 Å². The van der Waals surface area contributed by atoms with Crippen LogP contribution < -0.4 is 4.90 Å². The molecule has 2 aromatic rings. The molecule has 0 aliphatic carbocycles. The second-order valence-corrected chi connectivity index (χ2v) is 4.19. The first-order chi connectivity index (χ1) is 8.27. The van der Waals surface area contributed by atoms with E-state index in [9.17, 15) is 0 Å². The lowest BCUT2D eigenvalue weighted by atomic mass is 10.3.